The van der Waals surface area contributed by atoms with Crippen LogP contribution < -0.4 is 4.74 Å². The number of aromatic hydroxyl groups is 4. The predicted molar refractivity (Wildman–Crippen MR) is 108 cm³/mol. The van der Waals surface area contributed by atoms with Crippen molar-refractivity contribution in [3.05, 3.63) is 47.5 Å². The van der Waals surface area contributed by atoms with Gasteiger partial charge in [-0.05, 0) is 17.7 Å². The molecule has 0 saturated carbocycles. The highest BCUT2D eigenvalue weighted by Crippen LogP contribution is 2.47. The van der Waals surface area contributed by atoms with E-state index < -0.39 is 72.0 Å². The van der Waals surface area contributed by atoms with Gasteiger partial charge in [-0.15, -0.1) is 0 Å². The summed E-state index contributed by atoms with van der Waals surface area (Å²) < 4.78 is 10.4. The molecule has 1 aliphatic heterocycles. The van der Waals surface area contributed by atoms with Crippen molar-refractivity contribution in [1.82, 2.24) is 0 Å². The summed E-state index contributed by atoms with van der Waals surface area (Å²) in [5.41, 5.74) is 0.162. The first-order chi connectivity index (χ1) is 15.1. The van der Waals surface area contributed by atoms with Crippen LogP contribution in [0.1, 0.15) is 17.2 Å². The third kappa shape index (κ3) is 4.72. The number of rotatable bonds is 6. The van der Waals surface area contributed by atoms with Crippen LogP contribution in [0.5, 0.6) is 28.7 Å². The molecule has 32 heavy (non-hydrogen) atoms. The van der Waals surface area contributed by atoms with Crippen molar-refractivity contribution in [3.8, 4) is 28.7 Å². The molecule has 0 aromatic heterocycles. The maximum atomic E-state index is 10.5. The van der Waals surface area contributed by atoms with Gasteiger partial charge in [0.1, 0.15) is 42.0 Å². The van der Waals surface area contributed by atoms with Crippen molar-refractivity contribution in [2.75, 3.05) is 6.61 Å². The molecule has 0 amide bonds. The number of phenolic OH excluding ortho intramolecular Hbond substituents is 4. The SMILES string of the molecule is OC[C@H]1O[C@@H](Oc2c(O)cc(O)c(C(O)C=Cc3ccc(O)cc3)c2O)[C@H](O)[C@@H](O)[C@@H]1O. The molecular weight excluding hydrogens is 428 g/mol. The molecule has 0 aliphatic carbocycles. The van der Waals surface area contributed by atoms with Crippen LogP contribution in [-0.4, -0.2) is 83.3 Å². The predicted octanol–water partition coefficient (Wildman–Crippen LogP) is -0.566. The first kappa shape index (κ1) is 23.6. The van der Waals surface area contributed by atoms with Gasteiger partial charge in [-0.1, -0.05) is 24.3 Å². The van der Waals surface area contributed by atoms with E-state index in [0.717, 1.165) is 6.07 Å². The third-order valence-corrected chi connectivity index (χ3v) is 4.99. The molecule has 1 fully saturated rings. The number of phenols is 4. The number of benzene rings is 2. The molecule has 2 aromatic rings. The zero-order valence-electron chi connectivity index (χ0n) is 16.6. The van der Waals surface area contributed by atoms with Crippen LogP contribution in [0, 0.1) is 0 Å². The molecule has 1 saturated heterocycles. The fraction of sp³-hybridized carbons (Fsp3) is 0.333. The number of aliphatic hydroxyl groups is 5. The van der Waals surface area contributed by atoms with Crippen molar-refractivity contribution in [1.29, 1.82) is 0 Å². The van der Waals surface area contributed by atoms with E-state index >= 15 is 0 Å². The Hall–Kier alpha value is -3.06. The van der Waals surface area contributed by atoms with Crippen molar-refractivity contribution in [2.24, 2.45) is 0 Å². The van der Waals surface area contributed by atoms with E-state index in [1.807, 2.05) is 0 Å². The fourth-order valence-corrected chi connectivity index (χ4v) is 3.21. The highest BCUT2D eigenvalue weighted by Gasteiger charge is 2.45. The minimum Gasteiger partial charge on any atom is -0.508 e. The quantitative estimate of drug-likeness (QED) is 0.272. The lowest BCUT2D eigenvalue weighted by Crippen LogP contribution is -2.60. The second kappa shape index (κ2) is 9.61. The van der Waals surface area contributed by atoms with Gasteiger partial charge in [0, 0.05) is 6.07 Å². The van der Waals surface area contributed by atoms with Gasteiger partial charge >= 0.3 is 0 Å². The molecule has 1 aliphatic rings. The Bertz CT molecular complexity index is 957. The van der Waals surface area contributed by atoms with E-state index in [9.17, 15) is 46.0 Å². The van der Waals surface area contributed by atoms with Gasteiger partial charge in [0.25, 0.3) is 0 Å². The van der Waals surface area contributed by atoms with E-state index in [4.69, 9.17) is 9.47 Å². The number of ether oxygens (including phenoxy) is 2. The summed E-state index contributed by atoms with van der Waals surface area (Å²) >= 11 is 0. The van der Waals surface area contributed by atoms with Gasteiger partial charge in [0.05, 0.1) is 12.2 Å². The molecule has 3 rings (SSSR count). The van der Waals surface area contributed by atoms with E-state index in [1.165, 1.54) is 24.3 Å². The van der Waals surface area contributed by atoms with E-state index in [1.54, 1.807) is 12.1 Å². The van der Waals surface area contributed by atoms with Gasteiger partial charge in [-0.3, -0.25) is 0 Å². The zero-order valence-corrected chi connectivity index (χ0v) is 16.6. The number of aliphatic hydroxyl groups excluding tert-OH is 5. The molecule has 6 atom stereocenters. The lowest BCUT2D eigenvalue weighted by molar-refractivity contribution is -0.277. The summed E-state index contributed by atoms with van der Waals surface area (Å²) in [4.78, 5) is 0. The molecular formula is C21H24O11. The lowest BCUT2D eigenvalue weighted by atomic mass is 9.99. The average Bonchev–Trinajstić information content (AvgIpc) is 2.75. The second-order valence-electron chi connectivity index (χ2n) is 7.22. The van der Waals surface area contributed by atoms with Gasteiger partial charge in [0.15, 0.2) is 11.5 Å². The molecule has 9 N–H and O–H groups in total. The Balaban J connectivity index is 1.88. The number of hydrogen-bond acceptors (Lipinski definition) is 11. The van der Waals surface area contributed by atoms with Crippen molar-refractivity contribution >= 4 is 6.08 Å². The summed E-state index contributed by atoms with van der Waals surface area (Å²) in [5, 5.41) is 89.6. The monoisotopic (exact) mass is 452 g/mol. The van der Waals surface area contributed by atoms with E-state index in [2.05, 4.69) is 0 Å². The van der Waals surface area contributed by atoms with Gasteiger partial charge in [-0.2, -0.15) is 0 Å². The first-order valence-electron chi connectivity index (χ1n) is 9.54. The molecule has 174 valence electrons. The molecule has 1 heterocycles. The van der Waals surface area contributed by atoms with Crippen molar-refractivity contribution in [2.45, 2.75) is 36.8 Å². The Morgan fingerprint density at radius 3 is 2.22 bits per heavy atom. The van der Waals surface area contributed by atoms with Crippen LogP contribution in [0.3, 0.4) is 0 Å². The fourth-order valence-electron chi connectivity index (χ4n) is 3.21. The van der Waals surface area contributed by atoms with Crippen LogP contribution in [0.2, 0.25) is 0 Å². The minimum atomic E-state index is -1.82. The highest BCUT2D eigenvalue weighted by molar-refractivity contribution is 5.62. The Kier molecular flexibility index (Phi) is 7.09. The number of hydrogen-bond donors (Lipinski definition) is 9. The average molecular weight is 452 g/mol. The van der Waals surface area contributed by atoms with E-state index in [-0.39, 0.29) is 5.75 Å². The van der Waals surface area contributed by atoms with Crippen LogP contribution in [0.15, 0.2) is 36.4 Å². The Morgan fingerprint density at radius 2 is 1.59 bits per heavy atom. The Labute approximate surface area is 181 Å². The maximum absolute atomic E-state index is 10.5. The van der Waals surface area contributed by atoms with Crippen LogP contribution in [-0.2, 0) is 4.74 Å². The van der Waals surface area contributed by atoms with Gasteiger partial charge in [-0.25, -0.2) is 0 Å². The molecule has 1 unspecified atom stereocenters. The second-order valence-corrected chi connectivity index (χ2v) is 7.22. The van der Waals surface area contributed by atoms with Crippen LogP contribution in [0.4, 0.5) is 0 Å². The third-order valence-electron chi connectivity index (χ3n) is 4.99. The summed E-state index contributed by atoms with van der Waals surface area (Å²) in [6.07, 6.45) is -7.12. The Morgan fingerprint density at radius 1 is 0.938 bits per heavy atom. The topological polar surface area (TPSA) is 201 Å². The summed E-state index contributed by atoms with van der Waals surface area (Å²) in [5.74, 6) is -2.94. The summed E-state index contributed by atoms with van der Waals surface area (Å²) in [6, 6.07) is 6.75. The largest absolute Gasteiger partial charge is 0.508 e. The highest BCUT2D eigenvalue weighted by atomic mass is 16.7. The summed E-state index contributed by atoms with van der Waals surface area (Å²) in [7, 11) is 0. The normalized spacial score (nSPS) is 26.8. The molecule has 0 radical (unpaired) electrons. The molecule has 2 aromatic carbocycles. The first-order valence-corrected chi connectivity index (χ1v) is 9.54. The lowest BCUT2D eigenvalue weighted by Gasteiger charge is -2.39. The molecule has 0 spiro atoms. The van der Waals surface area contributed by atoms with E-state index in [0.29, 0.717) is 5.56 Å². The van der Waals surface area contributed by atoms with Gasteiger partial charge in [0.2, 0.25) is 12.0 Å². The zero-order chi connectivity index (χ0) is 23.6. The standard InChI is InChI=1S/C21H24O11/c22-8-14-16(27)18(29)19(30)21(31-14)32-20-13(26)7-12(25)15(17(20)28)11(24)6-3-9-1-4-10(23)5-2-9/h1-7,11,14,16,18-19,21-30H,8H2/t11?,14-,16-,18+,19-,21+/m1/s1. The molecule has 0 bridgehead atoms. The van der Waals surface area contributed by atoms with Crippen molar-refractivity contribution < 1.29 is 55.4 Å². The summed E-state index contributed by atoms with van der Waals surface area (Å²) in [6.45, 7) is -0.718. The van der Waals surface area contributed by atoms with Crippen LogP contribution >= 0.6 is 0 Å². The van der Waals surface area contributed by atoms with Crippen molar-refractivity contribution in [3.63, 3.8) is 0 Å². The minimum absolute atomic E-state index is 0.0477. The smallest absolute Gasteiger partial charge is 0.229 e. The van der Waals surface area contributed by atoms with Crippen LogP contribution in [0.25, 0.3) is 6.08 Å². The molecule has 11 nitrogen and oxygen atoms in total. The molecule has 11 heteroatoms. The maximum Gasteiger partial charge on any atom is 0.229 e. The van der Waals surface area contributed by atoms with Gasteiger partial charge < -0.3 is 55.4 Å².